The number of amides is 1. The van der Waals surface area contributed by atoms with E-state index in [1.54, 1.807) is 6.08 Å². The Kier molecular flexibility index (Phi) is 61.7. The summed E-state index contributed by atoms with van der Waals surface area (Å²) in [6, 6.07) is -0.645. The Hall–Kier alpha value is -1.39. The molecule has 1 amide bonds. The van der Waals surface area contributed by atoms with Gasteiger partial charge in [-0.05, 0) is 44.9 Å². The molecule has 0 saturated carbocycles. The third-order valence-corrected chi connectivity index (χ3v) is 15.4. The van der Waals surface area contributed by atoms with E-state index in [0.29, 0.717) is 6.42 Å². The number of aliphatic hydroxyl groups excluding tert-OH is 2. The van der Waals surface area contributed by atoms with Gasteiger partial charge in [-0.15, -0.1) is 0 Å². The lowest BCUT2D eigenvalue weighted by molar-refractivity contribution is -0.123. The van der Waals surface area contributed by atoms with Gasteiger partial charge in [-0.1, -0.05) is 352 Å². The van der Waals surface area contributed by atoms with Crippen LogP contribution in [0.15, 0.2) is 36.5 Å². The molecule has 4 heteroatoms. The zero-order valence-electron chi connectivity index (χ0n) is 48.5. The van der Waals surface area contributed by atoms with Crippen LogP contribution in [-0.2, 0) is 4.79 Å². The van der Waals surface area contributed by atoms with Gasteiger partial charge >= 0.3 is 0 Å². The molecule has 0 fully saturated rings. The molecule has 2 atom stereocenters. The summed E-state index contributed by atoms with van der Waals surface area (Å²) in [5, 5.41) is 23.2. The molecule has 0 radical (unpaired) electrons. The minimum absolute atomic E-state index is 0.0702. The molecule has 0 aromatic heterocycles. The molecule has 0 rings (SSSR count). The molecule has 71 heavy (non-hydrogen) atoms. The smallest absolute Gasteiger partial charge is 0.220 e. The molecule has 0 aliphatic carbocycles. The molecular weight excluding hydrogens is 867 g/mol. The van der Waals surface area contributed by atoms with Crippen LogP contribution in [0, 0.1) is 0 Å². The highest BCUT2D eigenvalue weighted by atomic mass is 16.3. The summed E-state index contributed by atoms with van der Waals surface area (Å²) in [5.74, 6) is -0.0702. The van der Waals surface area contributed by atoms with E-state index in [0.717, 1.165) is 38.5 Å². The van der Waals surface area contributed by atoms with Crippen molar-refractivity contribution >= 4 is 5.91 Å². The first-order chi connectivity index (χ1) is 35.2. The highest BCUT2D eigenvalue weighted by molar-refractivity contribution is 5.76. The van der Waals surface area contributed by atoms with Crippen molar-refractivity contribution in [3.05, 3.63) is 36.5 Å². The fourth-order valence-corrected chi connectivity index (χ4v) is 10.4. The van der Waals surface area contributed by atoms with Crippen LogP contribution in [0.3, 0.4) is 0 Å². The van der Waals surface area contributed by atoms with E-state index < -0.39 is 12.1 Å². The number of carbonyl (C=O) groups is 1. The molecule has 420 valence electrons. The summed E-state index contributed by atoms with van der Waals surface area (Å²) >= 11 is 0. The molecule has 0 aliphatic heterocycles. The molecular formula is C67H129NO3. The number of allylic oxidation sites excluding steroid dienone is 5. The van der Waals surface area contributed by atoms with Crippen molar-refractivity contribution in [3.63, 3.8) is 0 Å². The Bertz CT molecular complexity index is 1080. The van der Waals surface area contributed by atoms with Crippen molar-refractivity contribution < 1.29 is 15.0 Å². The maximum atomic E-state index is 12.5. The molecule has 0 bridgehead atoms. The molecule has 0 aromatic carbocycles. The second-order valence-corrected chi connectivity index (χ2v) is 22.5. The van der Waals surface area contributed by atoms with Gasteiger partial charge in [0.2, 0.25) is 5.91 Å². The molecule has 0 aliphatic rings. The van der Waals surface area contributed by atoms with E-state index in [4.69, 9.17) is 0 Å². The van der Waals surface area contributed by atoms with Crippen LogP contribution in [0.4, 0.5) is 0 Å². The monoisotopic (exact) mass is 996 g/mol. The van der Waals surface area contributed by atoms with Crippen molar-refractivity contribution in [2.45, 2.75) is 379 Å². The van der Waals surface area contributed by atoms with Crippen molar-refractivity contribution in [1.82, 2.24) is 5.32 Å². The second-order valence-electron chi connectivity index (χ2n) is 22.5. The van der Waals surface area contributed by atoms with Crippen molar-refractivity contribution in [2.75, 3.05) is 6.61 Å². The molecule has 0 aromatic rings. The lowest BCUT2D eigenvalue weighted by Gasteiger charge is -2.19. The third kappa shape index (κ3) is 59.4. The summed E-state index contributed by atoms with van der Waals surface area (Å²) in [6.45, 7) is 4.34. The minimum Gasteiger partial charge on any atom is -0.394 e. The number of rotatable bonds is 61. The van der Waals surface area contributed by atoms with Gasteiger partial charge < -0.3 is 15.5 Å². The van der Waals surface area contributed by atoms with Crippen LogP contribution in [0.25, 0.3) is 0 Å². The van der Waals surface area contributed by atoms with Crippen LogP contribution in [0.5, 0.6) is 0 Å². The molecule has 2 unspecified atom stereocenters. The molecule has 4 nitrogen and oxygen atoms in total. The van der Waals surface area contributed by atoms with Gasteiger partial charge in [0.15, 0.2) is 0 Å². The Morgan fingerprint density at radius 1 is 0.324 bits per heavy atom. The van der Waals surface area contributed by atoms with Crippen molar-refractivity contribution in [1.29, 1.82) is 0 Å². The lowest BCUT2D eigenvalue weighted by atomic mass is 10.0. The minimum atomic E-state index is -0.870. The van der Waals surface area contributed by atoms with E-state index in [-0.39, 0.29) is 12.5 Å². The second kappa shape index (κ2) is 62.9. The summed E-state index contributed by atoms with van der Waals surface area (Å²) in [6.07, 6.45) is 86.5. The number of hydrogen-bond acceptors (Lipinski definition) is 3. The first kappa shape index (κ1) is 69.6. The average Bonchev–Trinajstić information content (AvgIpc) is 3.37. The fraction of sp³-hybridized carbons (Fsp3) is 0.896. The SMILES string of the molecule is CCCCCCCCCCCCCCCCC/C=C/CC/C=C/CC/C=C/C(O)C(CO)NC(=O)CCCCCCCCCCCCCCCCCCCCCCCCCCCCCCCCCCCC. The Morgan fingerprint density at radius 3 is 0.817 bits per heavy atom. The van der Waals surface area contributed by atoms with E-state index in [9.17, 15) is 15.0 Å². The quantitative estimate of drug-likeness (QED) is 0.0420. The predicted octanol–water partition coefficient (Wildman–Crippen LogP) is 22.0. The molecule has 3 N–H and O–H groups in total. The normalized spacial score (nSPS) is 12.9. The number of aliphatic hydroxyl groups is 2. The maximum Gasteiger partial charge on any atom is 0.220 e. The zero-order valence-corrected chi connectivity index (χ0v) is 48.5. The van der Waals surface area contributed by atoms with Crippen LogP contribution in [0.2, 0.25) is 0 Å². The van der Waals surface area contributed by atoms with Crippen molar-refractivity contribution in [2.24, 2.45) is 0 Å². The number of nitrogens with one attached hydrogen (secondary N) is 1. The van der Waals surface area contributed by atoms with Gasteiger partial charge in [0.05, 0.1) is 18.8 Å². The van der Waals surface area contributed by atoms with Gasteiger partial charge in [0.1, 0.15) is 0 Å². The fourth-order valence-electron chi connectivity index (χ4n) is 10.4. The molecule has 0 heterocycles. The Labute approximate surface area is 446 Å². The Balaban J connectivity index is 3.46. The third-order valence-electron chi connectivity index (χ3n) is 15.4. The molecule has 0 spiro atoms. The average molecular weight is 997 g/mol. The van der Waals surface area contributed by atoms with Crippen LogP contribution >= 0.6 is 0 Å². The highest BCUT2D eigenvalue weighted by Crippen LogP contribution is 2.19. The van der Waals surface area contributed by atoms with Crippen molar-refractivity contribution in [3.8, 4) is 0 Å². The van der Waals surface area contributed by atoms with E-state index in [1.807, 2.05) is 6.08 Å². The van der Waals surface area contributed by atoms with E-state index >= 15 is 0 Å². The van der Waals surface area contributed by atoms with Gasteiger partial charge in [-0.25, -0.2) is 0 Å². The number of unbranched alkanes of at least 4 members (excludes halogenated alkanes) is 50. The molecule has 0 saturated heterocycles. The topological polar surface area (TPSA) is 69.6 Å². The predicted molar refractivity (Wildman–Crippen MR) is 318 cm³/mol. The standard InChI is InChI=1S/C67H129NO3/c1-3-5-7-9-11-13-15-17-19-21-23-25-27-29-30-31-32-33-34-35-36-37-39-41-43-45-47-49-51-53-55-57-59-61-63-67(71)68-65(64-69)66(70)62-60-58-56-54-52-50-48-46-44-42-40-38-28-26-24-22-20-18-16-14-12-10-8-6-4-2/h44,46,52,54,60,62,65-66,69-70H,3-43,45,47-51,53,55-59,61,63-64H2,1-2H3,(H,68,71)/b46-44+,54-52+,62-60+. The first-order valence-electron chi connectivity index (χ1n) is 32.7. The lowest BCUT2D eigenvalue weighted by Crippen LogP contribution is -2.45. The summed E-state index contributed by atoms with van der Waals surface area (Å²) in [5.41, 5.74) is 0. The highest BCUT2D eigenvalue weighted by Gasteiger charge is 2.18. The van der Waals surface area contributed by atoms with Gasteiger partial charge in [0.25, 0.3) is 0 Å². The Morgan fingerprint density at radius 2 is 0.549 bits per heavy atom. The van der Waals surface area contributed by atoms with E-state index in [2.05, 4.69) is 43.5 Å². The first-order valence-corrected chi connectivity index (χ1v) is 32.7. The van der Waals surface area contributed by atoms with Gasteiger partial charge in [-0.3, -0.25) is 4.79 Å². The number of hydrogen-bond donors (Lipinski definition) is 3. The van der Waals surface area contributed by atoms with E-state index in [1.165, 1.54) is 308 Å². The van der Waals surface area contributed by atoms with Gasteiger partial charge in [-0.2, -0.15) is 0 Å². The van der Waals surface area contributed by atoms with Crippen LogP contribution in [-0.4, -0.2) is 34.9 Å². The maximum absolute atomic E-state index is 12.5. The summed E-state index contributed by atoms with van der Waals surface area (Å²) < 4.78 is 0. The summed E-state index contributed by atoms with van der Waals surface area (Å²) in [7, 11) is 0. The largest absolute Gasteiger partial charge is 0.394 e. The number of carbonyl (C=O) groups excluding carboxylic acids is 1. The van der Waals surface area contributed by atoms with Gasteiger partial charge in [0, 0.05) is 6.42 Å². The summed E-state index contributed by atoms with van der Waals surface area (Å²) in [4.78, 5) is 12.5. The zero-order chi connectivity index (χ0) is 51.3. The van der Waals surface area contributed by atoms with Crippen LogP contribution in [0.1, 0.15) is 367 Å². The van der Waals surface area contributed by atoms with Crippen LogP contribution < -0.4 is 5.32 Å².